The Kier molecular flexibility index (Phi) is 2.49. The van der Waals surface area contributed by atoms with Crippen LogP contribution in [-0.4, -0.2) is 39.9 Å². The summed E-state index contributed by atoms with van der Waals surface area (Å²) in [5.74, 6) is -0.429. The van der Waals surface area contributed by atoms with Crippen molar-refractivity contribution in [2.24, 2.45) is 5.92 Å². The van der Waals surface area contributed by atoms with Crippen LogP contribution < -0.4 is 0 Å². The molecule has 1 fully saturated rings. The molecule has 0 aromatic rings. The number of ether oxygens (including phenoxy) is 1. The third-order valence-corrected chi connectivity index (χ3v) is 2.17. The molecular weight excluding hydrogens is 148 g/mol. The molecule has 0 bridgehead atoms. The summed E-state index contributed by atoms with van der Waals surface area (Å²) in [5.41, 5.74) is 0. The predicted octanol–water partition coefficient (Wildman–Crippen LogP) is -0.919. The number of rotatable bonds is 0. The maximum atomic E-state index is 9.30. The molecule has 0 saturated carbocycles. The highest BCUT2D eigenvalue weighted by Crippen LogP contribution is 2.23. The molecular formula is C7H14O4. The smallest absolute Gasteiger partial charge is 0.160 e. The van der Waals surface area contributed by atoms with Crippen molar-refractivity contribution in [2.45, 2.75) is 38.4 Å². The molecule has 1 aliphatic rings. The lowest BCUT2D eigenvalue weighted by molar-refractivity contribution is -0.255. The van der Waals surface area contributed by atoms with E-state index in [9.17, 15) is 10.2 Å². The summed E-state index contributed by atoms with van der Waals surface area (Å²) in [6.07, 6.45) is -3.26. The SMILES string of the molecule is C[C@H]1C(O)O[C@@H](C)[C@H](O)C1O. The maximum Gasteiger partial charge on any atom is 0.160 e. The Hall–Kier alpha value is -0.160. The van der Waals surface area contributed by atoms with E-state index in [1.165, 1.54) is 0 Å². The van der Waals surface area contributed by atoms with Gasteiger partial charge in [-0.3, -0.25) is 0 Å². The molecule has 2 unspecified atom stereocenters. The summed E-state index contributed by atoms with van der Waals surface area (Å²) >= 11 is 0. The summed E-state index contributed by atoms with van der Waals surface area (Å²) in [6, 6.07) is 0. The van der Waals surface area contributed by atoms with Crippen molar-refractivity contribution in [2.75, 3.05) is 0 Å². The molecule has 0 radical (unpaired) electrons. The van der Waals surface area contributed by atoms with Crippen LogP contribution in [0.15, 0.2) is 0 Å². The van der Waals surface area contributed by atoms with Crippen molar-refractivity contribution in [3.8, 4) is 0 Å². The van der Waals surface area contributed by atoms with Crippen molar-refractivity contribution in [1.82, 2.24) is 0 Å². The quantitative estimate of drug-likeness (QED) is 0.431. The first-order chi connectivity index (χ1) is 5.04. The molecule has 4 nitrogen and oxygen atoms in total. The maximum absolute atomic E-state index is 9.30. The lowest BCUT2D eigenvalue weighted by Gasteiger charge is -2.37. The van der Waals surface area contributed by atoms with E-state index in [0.29, 0.717) is 0 Å². The van der Waals surface area contributed by atoms with Gasteiger partial charge in [-0.1, -0.05) is 6.92 Å². The Labute approximate surface area is 65.4 Å². The van der Waals surface area contributed by atoms with Crippen molar-refractivity contribution in [3.63, 3.8) is 0 Å². The van der Waals surface area contributed by atoms with Crippen LogP contribution in [0.25, 0.3) is 0 Å². The van der Waals surface area contributed by atoms with Crippen LogP contribution >= 0.6 is 0 Å². The fourth-order valence-electron chi connectivity index (χ4n) is 1.18. The Bertz CT molecular complexity index is 124. The normalized spacial score (nSPS) is 52.6. The van der Waals surface area contributed by atoms with Crippen molar-refractivity contribution < 1.29 is 20.1 Å². The van der Waals surface area contributed by atoms with Gasteiger partial charge in [0.1, 0.15) is 6.10 Å². The highest BCUT2D eigenvalue weighted by molar-refractivity contribution is 4.84. The van der Waals surface area contributed by atoms with Crippen LogP contribution in [0.5, 0.6) is 0 Å². The molecule has 5 atom stereocenters. The lowest BCUT2D eigenvalue weighted by atomic mass is 9.93. The lowest BCUT2D eigenvalue weighted by Crippen LogP contribution is -2.52. The minimum absolute atomic E-state index is 0.429. The number of aliphatic hydroxyl groups excluding tert-OH is 3. The first kappa shape index (κ1) is 8.93. The molecule has 0 aromatic carbocycles. The zero-order chi connectivity index (χ0) is 8.59. The average molecular weight is 162 g/mol. The Morgan fingerprint density at radius 1 is 1.00 bits per heavy atom. The van der Waals surface area contributed by atoms with Crippen molar-refractivity contribution >= 4 is 0 Å². The topological polar surface area (TPSA) is 69.9 Å². The zero-order valence-electron chi connectivity index (χ0n) is 6.64. The molecule has 0 amide bonds. The van der Waals surface area contributed by atoms with Crippen molar-refractivity contribution in [3.05, 3.63) is 0 Å². The summed E-state index contributed by atoms with van der Waals surface area (Å²) in [6.45, 7) is 3.24. The largest absolute Gasteiger partial charge is 0.390 e. The van der Waals surface area contributed by atoms with Crippen LogP contribution in [0.1, 0.15) is 13.8 Å². The second-order valence-corrected chi connectivity index (χ2v) is 3.07. The highest BCUT2D eigenvalue weighted by atomic mass is 16.6. The van der Waals surface area contributed by atoms with E-state index in [2.05, 4.69) is 0 Å². The first-order valence-corrected chi connectivity index (χ1v) is 3.73. The summed E-state index contributed by atoms with van der Waals surface area (Å²) in [5, 5.41) is 27.7. The molecule has 1 rings (SSSR count). The third-order valence-electron chi connectivity index (χ3n) is 2.17. The van der Waals surface area contributed by atoms with Crippen LogP contribution in [0, 0.1) is 5.92 Å². The highest BCUT2D eigenvalue weighted by Gasteiger charge is 2.38. The standard InChI is InChI=1S/C7H14O4/c1-3-5(8)6(9)4(2)11-7(3)10/h3-10H,1-2H3/t3-,4+,5?,6+,7?/m1/s1. The van der Waals surface area contributed by atoms with Crippen LogP contribution in [0.3, 0.4) is 0 Å². The Balaban J connectivity index is 2.63. The monoisotopic (exact) mass is 162 g/mol. The second-order valence-electron chi connectivity index (χ2n) is 3.07. The predicted molar refractivity (Wildman–Crippen MR) is 37.7 cm³/mol. The van der Waals surface area contributed by atoms with E-state index in [1.54, 1.807) is 13.8 Å². The van der Waals surface area contributed by atoms with E-state index < -0.39 is 30.5 Å². The average Bonchev–Trinajstić information content (AvgIpc) is 1.97. The van der Waals surface area contributed by atoms with E-state index in [1.807, 2.05) is 0 Å². The zero-order valence-corrected chi connectivity index (χ0v) is 6.64. The minimum atomic E-state index is -0.969. The Morgan fingerprint density at radius 2 is 1.55 bits per heavy atom. The van der Waals surface area contributed by atoms with E-state index in [0.717, 1.165) is 0 Å². The molecule has 66 valence electrons. The molecule has 1 aliphatic heterocycles. The van der Waals surface area contributed by atoms with Gasteiger partial charge in [0.2, 0.25) is 0 Å². The number of aliphatic hydroxyl groups is 3. The molecule has 0 aliphatic carbocycles. The summed E-state index contributed by atoms with van der Waals surface area (Å²) in [7, 11) is 0. The fourth-order valence-corrected chi connectivity index (χ4v) is 1.18. The van der Waals surface area contributed by atoms with Crippen LogP contribution in [-0.2, 0) is 4.74 Å². The van der Waals surface area contributed by atoms with E-state index in [4.69, 9.17) is 9.84 Å². The van der Waals surface area contributed by atoms with Crippen LogP contribution in [0.4, 0.5) is 0 Å². The summed E-state index contributed by atoms with van der Waals surface area (Å²) < 4.78 is 4.93. The van der Waals surface area contributed by atoms with Gasteiger partial charge in [-0.2, -0.15) is 0 Å². The van der Waals surface area contributed by atoms with Gasteiger partial charge in [0.15, 0.2) is 6.29 Å². The van der Waals surface area contributed by atoms with Gasteiger partial charge in [-0.15, -0.1) is 0 Å². The molecule has 4 heteroatoms. The molecule has 3 N–H and O–H groups in total. The van der Waals surface area contributed by atoms with Gasteiger partial charge in [-0.05, 0) is 6.92 Å². The fraction of sp³-hybridized carbons (Fsp3) is 1.00. The molecule has 1 saturated heterocycles. The van der Waals surface area contributed by atoms with Gasteiger partial charge >= 0.3 is 0 Å². The summed E-state index contributed by atoms with van der Waals surface area (Å²) in [4.78, 5) is 0. The van der Waals surface area contributed by atoms with E-state index in [-0.39, 0.29) is 0 Å². The van der Waals surface area contributed by atoms with Gasteiger partial charge in [0.25, 0.3) is 0 Å². The molecule has 1 heterocycles. The van der Waals surface area contributed by atoms with Gasteiger partial charge < -0.3 is 20.1 Å². The molecule has 0 aromatic heterocycles. The molecule has 11 heavy (non-hydrogen) atoms. The van der Waals surface area contributed by atoms with Gasteiger partial charge in [0, 0.05) is 5.92 Å². The van der Waals surface area contributed by atoms with Gasteiger partial charge in [0.05, 0.1) is 12.2 Å². The Morgan fingerprint density at radius 3 is 2.09 bits per heavy atom. The van der Waals surface area contributed by atoms with Crippen molar-refractivity contribution in [1.29, 1.82) is 0 Å². The number of hydrogen-bond donors (Lipinski definition) is 3. The second kappa shape index (κ2) is 3.06. The molecule has 0 spiro atoms. The third kappa shape index (κ3) is 1.54. The van der Waals surface area contributed by atoms with Crippen LogP contribution in [0.2, 0.25) is 0 Å². The van der Waals surface area contributed by atoms with E-state index >= 15 is 0 Å². The first-order valence-electron chi connectivity index (χ1n) is 3.73. The van der Waals surface area contributed by atoms with Gasteiger partial charge in [-0.25, -0.2) is 0 Å². The minimum Gasteiger partial charge on any atom is -0.390 e. The number of hydrogen-bond acceptors (Lipinski definition) is 4.